The Hall–Kier alpha value is -0.480. The molecule has 0 aliphatic rings. The number of nitrogens with one attached hydrogen (secondary N) is 1. The fraction of sp³-hybridized carbons (Fsp3) is 0.727. The first-order valence-corrected chi connectivity index (χ1v) is 6.28. The van der Waals surface area contributed by atoms with Gasteiger partial charge >= 0.3 is 0 Å². The van der Waals surface area contributed by atoms with Crippen molar-refractivity contribution >= 4 is 11.8 Å². The van der Waals surface area contributed by atoms with Gasteiger partial charge in [-0.3, -0.25) is 4.68 Å². The maximum absolute atomic E-state index is 4.13. The Labute approximate surface area is 96.6 Å². The summed E-state index contributed by atoms with van der Waals surface area (Å²) in [7, 11) is 1.94. The van der Waals surface area contributed by atoms with Crippen molar-refractivity contribution in [2.24, 2.45) is 7.05 Å². The molecule has 15 heavy (non-hydrogen) atoms. The molecule has 0 bridgehead atoms. The van der Waals surface area contributed by atoms with Crippen molar-refractivity contribution in [2.75, 3.05) is 12.3 Å². The molecule has 0 spiro atoms. The zero-order chi connectivity index (χ0) is 11.3. The minimum atomic E-state index is 0.371. The van der Waals surface area contributed by atoms with E-state index in [9.17, 15) is 0 Å². The molecule has 4 heteroatoms. The summed E-state index contributed by atoms with van der Waals surface area (Å²) in [6, 6.07) is 0. The quantitative estimate of drug-likeness (QED) is 0.781. The minimum Gasteiger partial charge on any atom is -0.312 e. The van der Waals surface area contributed by atoms with Crippen LogP contribution in [0.25, 0.3) is 0 Å². The summed E-state index contributed by atoms with van der Waals surface area (Å²) in [5.74, 6) is 1.16. The Balaban J connectivity index is 2.07. The van der Waals surface area contributed by atoms with E-state index in [0.717, 1.165) is 18.8 Å². The van der Waals surface area contributed by atoms with E-state index in [1.54, 1.807) is 0 Å². The summed E-state index contributed by atoms with van der Waals surface area (Å²) in [4.78, 5) is 0. The normalized spacial score (nSPS) is 12.0. The van der Waals surface area contributed by atoms with Crippen molar-refractivity contribution in [1.82, 2.24) is 15.1 Å². The standard InChI is InChI=1S/C11H21N3S/c1-11(2,3)15-6-5-12-7-10-8-13-14(4)9-10/h8-9,12H,5-7H2,1-4H3. The number of thioether (sulfide) groups is 1. The summed E-state index contributed by atoms with van der Waals surface area (Å²) < 4.78 is 2.21. The molecule has 0 aliphatic carbocycles. The number of rotatable bonds is 5. The third-order valence-corrected chi connectivity index (χ3v) is 3.18. The minimum absolute atomic E-state index is 0.371. The zero-order valence-corrected chi connectivity index (χ0v) is 10.9. The first-order valence-electron chi connectivity index (χ1n) is 5.29. The molecule has 0 saturated heterocycles. The first kappa shape index (κ1) is 12.6. The second-order valence-corrected chi connectivity index (χ2v) is 6.58. The van der Waals surface area contributed by atoms with E-state index in [0.29, 0.717) is 4.75 Å². The molecule has 1 heterocycles. The third-order valence-electron chi connectivity index (χ3n) is 1.90. The van der Waals surface area contributed by atoms with Gasteiger partial charge in [-0.25, -0.2) is 0 Å². The maximum Gasteiger partial charge on any atom is 0.0534 e. The van der Waals surface area contributed by atoms with Gasteiger partial charge in [0.1, 0.15) is 0 Å². The predicted octanol–water partition coefficient (Wildman–Crippen LogP) is 2.04. The van der Waals surface area contributed by atoms with Crippen LogP contribution in [0.2, 0.25) is 0 Å². The van der Waals surface area contributed by atoms with Crippen LogP contribution in [0.3, 0.4) is 0 Å². The summed E-state index contributed by atoms with van der Waals surface area (Å²) in [6.07, 6.45) is 3.95. The average Bonchev–Trinajstić information content (AvgIpc) is 2.49. The number of nitrogens with zero attached hydrogens (tertiary/aromatic N) is 2. The predicted molar refractivity (Wildman–Crippen MR) is 67.1 cm³/mol. The fourth-order valence-corrected chi connectivity index (χ4v) is 2.08. The highest BCUT2D eigenvalue weighted by Gasteiger charge is 2.09. The molecule has 0 radical (unpaired) electrons. The first-order chi connectivity index (χ1) is 6.97. The second kappa shape index (κ2) is 5.56. The molecule has 0 atom stereocenters. The van der Waals surface area contributed by atoms with Gasteiger partial charge in [0.2, 0.25) is 0 Å². The van der Waals surface area contributed by atoms with E-state index in [1.165, 1.54) is 5.56 Å². The third kappa shape index (κ3) is 5.85. The van der Waals surface area contributed by atoms with Crippen LogP contribution in [0.15, 0.2) is 12.4 Å². The molecule has 1 aromatic heterocycles. The molecule has 86 valence electrons. The summed E-state index contributed by atoms with van der Waals surface area (Å²) in [6.45, 7) is 8.71. The Bertz CT molecular complexity index is 288. The van der Waals surface area contributed by atoms with Crippen LogP contribution in [0.1, 0.15) is 26.3 Å². The summed E-state index contributed by atoms with van der Waals surface area (Å²) >= 11 is 1.99. The molecular weight excluding hydrogens is 206 g/mol. The van der Waals surface area contributed by atoms with E-state index in [1.807, 2.05) is 35.9 Å². The van der Waals surface area contributed by atoms with E-state index in [2.05, 4.69) is 31.2 Å². The highest BCUT2D eigenvalue weighted by Crippen LogP contribution is 2.21. The van der Waals surface area contributed by atoms with E-state index >= 15 is 0 Å². The number of aromatic nitrogens is 2. The van der Waals surface area contributed by atoms with Gasteiger partial charge in [-0.2, -0.15) is 16.9 Å². The largest absolute Gasteiger partial charge is 0.312 e. The van der Waals surface area contributed by atoms with Gasteiger partial charge in [0.15, 0.2) is 0 Å². The summed E-state index contributed by atoms with van der Waals surface area (Å²) in [5.41, 5.74) is 1.25. The molecular formula is C11H21N3S. The number of hydrogen-bond donors (Lipinski definition) is 1. The van der Waals surface area contributed by atoms with E-state index in [4.69, 9.17) is 0 Å². The smallest absolute Gasteiger partial charge is 0.0534 e. The highest BCUT2D eigenvalue weighted by molar-refractivity contribution is 8.00. The van der Waals surface area contributed by atoms with Gasteiger partial charge in [-0.1, -0.05) is 20.8 Å². The average molecular weight is 227 g/mol. The fourth-order valence-electron chi connectivity index (χ4n) is 1.23. The van der Waals surface area contributed by atoms with Crippen LogP contribution in [-0.4, -0.2) is 26.8 Å². The topological polar surface area (TPSA) is 29.9 Å². The second-order valence-electron chi connectivity index (χ2n) is 4.66. The van der Waals surface area contributed by atoms with Gasteiger partial charge in [0.05, 0.1) is 6.20 Å². The highest BCUT2D eigenvalue weighted by atomic mass is 32.2. The molecule has 0 saturated carbocycles. The molecule has 0 aliphatic heterocycles. The van der Waals surface area contributed by atoms with Crippen molar-refractivity contribution in [3.05, 3.63) is 18.0 Å². The lowest BCUT2D eigenvalue weighted by molar-refractivity contribution is 0.723. The summed E-state index contributed by atoms with van der Waals surface area (Å²) in [5, 5.41) is 7.54. The van der Waals surface area contributed by atoms with Gasteiger partial charge in [0, 0.05) is 42.4 Å². The van der Waals surface area contributed by atoms with E-state index in [-0.39, 0.29) is 0 Å². The molecule has 0 aromatic carbocycles. The number of hydrogen-bond acceptors (Lipinski definition) is 3. The van der Waals surface area contributed by atoms with Crippen LogP contribution in [-0.2, 0) is 13.6 Å². The molecule has 1 aromatic rings. The molecule has 0 amide bonds. The molecule has 0 fully saturated rings. The Kier molecular flexibility index (Phi) is 4.67. The van der Waals surface area contributed by atoms with Crippen molar-refractivity contribution in [3.63, 3.8) is 0 Å². The van der Waals surface area contributed by atoms with Crippen LogP contribution in [0.5, 0.6) is 0 Å². The monoisotopic (exact) mass is 227 g/mol. The molecule has 1 rings (SSSR count). The molecule has 3 nitrogen and oxygen atoms in total. The lowest BCUT2D eigenvalue weighted by atomic mass is 10.3. The van der Waals surface area contributed by atoms with Crippen LogP contribution in [0, 0.1) is 0 Å². The van der Waals surface area contributed by atoms with Gasteiger partial charge in [-0.05, 0) is 0 Å². The van der Waals surface area contributed by atoms with Crippen molar-refractivity contribution in [3.8, 4) is 0 Å². The Morgan fingerprint density at radius 1 is 1.47 bits per heavy atom. The van der Waals surface area contributed by atoms with Crippen molar-refractivity contribution in [1.29, 1.82) is 0 Å². The van der Waals surface area contributed by atoms with E-state index < -0.39 is 0 Å². The Morgan fingerprint density at radius 3 is 2.73 bits per heavy atom. The van der Waals surface area contributed by atoms with Gasteiger partial charge in [-0.15, -0.1) is 0 Å². The van der Waals surface area contributed by atoms with Crippen LogP contribution >= 0.6 is 11.8 Å². The Morgan fingerprint density at radius 2 is 2.20 bits per heavy atom. The molecule has 0 unspecified atom stereocenters. The lowest BCUT2D eigenvalue weighted by Gasteiger charge is -2.17. The number of aryl methyl sites for hydroxylation is 1. The lowest BCUT2D eigenvalue weighted by Crippen LogP contribution is -2.19. The van der Waals surface area contributed by atoms with Crippen LogP contribution < -0.4 is 5.32 Å². The maximum atomic E-state index is 4.13. The molecule has 1 N–H and O–H groups in total. The van der Waals surface area contributed by atoms with Crippen molar-refractivity contribution < 1.29 is 0 Å². The van der Waals surface area contributed by atoms with Gasteiger partial charge < -0.3 is 5.32 Å². The van der Waals surface area contributed by atoms with Crippen molar-refractivity contribution in [2.45, 2.75) is 32.1 Å². The van der Waals surface area contributed by atoms with Gasteiger partial charge in [0.25, 0.3) is 0 Å². The van der Waals surface area contributed by atoms with Crippen LogP contribution in [0.4, 0.5) is 0 Å². The SMILES string of the molecule is Cn1cc(CNCCSC(C)(C)C)cn1. The zero-order valence-electron chi connectivity index (χ0n) is 10.1.